The fourth-order valence-electron chi connectivity index (χ4n) is 1.98. The molecule has 0 aliphatic rings. The van der Waals surface area contributed by atoms with E-state index in [2.05, 4.69) is 0 Å². The number of aliphatic hydroxyl groups excluding tert-OH is 2. The second-order valence-corrected chi connectivity index (χ2v) is 6.69. The van der Waals surface area contributed by atoms with Gasteiger partial charge in [0.05, 0.1) is 24.7 Å². The summed E-state index contributed by atoms with van der Waals surface area (Å²) in [4.78, 5) is 13.7. The first-order chi connectivity index (χ1) is 9.64. The molecular weight excluding hydrogens is 266 g/mol. The van der Waals surface area contributed by atoms with E-state index in [4.69, 9.17) is 0 Å². The molecule has 1 aromatic rings. The maximum Gasteiger partial charge on any atom is 0.225 e. The van der Waals surface area contributed by atoms with Crippen molar-refractivity contribution in [2.24, 2.45) is 5.41 Å². The molecule has 0 saturated carbocycles. The SMILES string of the molecule is C[C@@H]([C@@H](O)c1ccccc1)N(C)C(=O)C[C@@H](O)C(C)(C)C. The third-order valence-electron chi connectivity index (χ3n) is 3.97. The number of carbonyl (C=O) groups excluding carboxylic acids is 1. The minimum absolute atomic E-state index is 0.0614. The van der Waals surface area contributed by atoms with Gasteiger partial charge in [-0.25, -0.2) is 0 Å². The summed E-state index contributed by atoms with van der Waals surface area (Å²) in [6, 6.07) is 8.92. The average molecular weight is 293 g/mol. The summed E-state index contributed by atoms with van der Waals surface area (Å²) in [6.07, 6.45) is -1.38. The van der Waals surface area contributed by atoms with Gasteiger partial charge in [0.15, 0.2) is 0 Å². The van der Waals surface area contributed by atoms with Crippen molar-refractivity contribution in [2.45, 2.75) is 52.4 Å². The van der Waals surface area contributed by atoms with Crippen LogP contribution in [0.15, 0.2) is 30.3 Å². The maximum atomic E-state index is 12.2. The highest BCUT2D eigenvalue weighted by Gasteiger charge is 2.29. The zero-order valence-electron chi connectivity index (χ0n) is 13.6. The van der Waals surface area contributed by atoms with Crippen LogP contribution >= 0.6 is 0 Å². The van der Waals surface area contributed by atoms with Crippen LogP contribution in [0, 0.1) is 5.41 Å². The Hall–Kier alpha value is -1.39. The highest BCUT2D eigenvalue weighted by molar-refractivity contribution is 5.76. The van der Waals surface area contributed by atoms with Gasteiger partial charge in [0, 0.05) is 7.05 Å². The molecular formula is C17H27NO3. The molecule has 0 aromatic heterocycles. The third kappa shape index (κ3) is 4.83. The summed E-state index contributed by atoms with van der Waals surface area (Å²) < 4.78 is 0. The Morgan fingerprint density at radius 1 is 1.19 bits per heavy atom. The van der Waals surface area contributed by atoms with Crippen molar-refractivity contribution in [1.82, 2.24) is 4.90 Å². The number of hydrogen-bond acceptors (Lipinski definition) is 3. The zero-order chi connectivity index (χ0) is 16.2. The number of likely N-dealkylation sites (N-methyl/N-ethyl adjacent to an activating group) is 1. The molecule has 21 heavy (non-hydrogen) atoms. The molecule has 1 aromatic carbocycles. The van der Waals surface area contributed by atoms with E-state index >= 15 is 0 Å². The first-order valence-corrected chi connectivity index (χ1v) is 7.31. The molecule has 118 valence electrons. The standard InChI is InChI=1S/C17H27NO3/c1-12(16(21)13-9-7-6-8-10-13)18(5)15(20)11-14(19)17(2,3)4/h6-10,12,14,16,19,21H,11H2,1-5H3/t12-,14+,16+/m0/s1. The normalized spacial score (nSPS) is 16.1. The second kappa shape index (κ2) is 7.05. The Labute approximate surface area is 127 Å². The molecule has 4 nitrogen and oxygen atoms in total. The van der Waals surface area contributed by atoms with Crippen molar-refractivity contribution >= 4 is 5.91 Å². The van der Waals surface area contributed by atoms with Crippen LogP contribution in [-0.4, -0.2) is 40.2 Å². The topological polar surface area (TPSA) is 60.8 Å². The van der Waals surface area contributed by atoms with E-state index in [-0.39, 0.29) is 23.8 Å². The van der Waals surface area contributed by atoms with Crippen molar-refractivity contribution in [1.29, 1.82) is 0 Å². The van der Waals surface area contributed by atoms with Crippen LogP contribution in [0.25, 0.3) is 0 Å². The van der Waals surface area contributed by atoms with E-state index in [0.717, 1.165) is 5.56 Å². The van der Waals surface area contributed by atoms with E-state index in [1.165, 1.54) is 4.90 Å². The molecule has 0 bridgehead atoms. The lowest BCUT2D eigenvalue weighted by molar-refractivity contribution is -0.137. The Kier molecular flexibility index (Phi) is 5.93. The van der Waals surface area contributed by atoms with E-state index in [1.54, 1.807) is 14.0 Å². The fraction of sp³-hybridized carbons (Fsp3) is 0.588. The van der Waals surface area contributed by atoms with Crippen molar-refractivity contribution in [3.63, 3.8) is 0 Å². The monoisotopic (exact) mass is 293 g/mol. The number of rotatable bonds is 5. The van der Waals surface area contributed by atoms with E-state index in [0.29, 0.717) is 0 Å². The second-order valence-electron chi connectivity index (χ2n) is 6.69. The Morgan fingerprint density at radius 3 is 2.19 bits per heavy atom. The molecule has 4 heteroatoms. The molecule has 1 amide bonds. The highest BCUT2D eigenvalue weighted by atomic mass is 16.3. The molecule has 0 spiro atoms. The summed E-state index contributed by atoms with van der Waals surface area (Å²) in [6.45, 7) is 7.49. The van der Waals surface area contributed by atoms with Crippen LogP contribution in [-0.2, 0) is 4.79 Å². The Balaban J connectivity index is 2.69. The summed E-state index contributed by atoms with van der Waals surface area (Å²) >= 11 is 0. The molecule has 0 aliphatic heterocycles. The molecule has 0 unspecified atom stereocenters. The van der Waals surface area contributed by atoms with E-state index < -0.39 is 12.2 Å². The molecule has 3 atom stereocenters. The molecule has 0 radical (unpaired) electrons. The average Bonchev–Trinajstić information content (AvgIpc) is 2.44. The predicted octanol–water partition coefficient (Wildman–Crippen LogP) is 2.36. The Bertz CT molecular complexity index is 453. The summed E-state index contributed by atoms with van der Waals surface area (Å²) in [7, 11) is 1.66. The molecule has 0 heterocycles. The predicted molar refractivity (Wildman–Crippen MR) is 83.7 cm³/mol. The Morgan fingerprint density at radius 2 is 1.71 bits per heavy atom. The lowest BCUT2D eigenvalue weighted by Gasteiger charge is -2.32. The largest absolute Gasteiger partial charge is 0.392 e. The number of amides is 1. The van der Waals surface area contributed by atoms with Crippen molar-refractivity contribution in [3.8, 4) is 0 Å². The van der Waals surface area contributed by atoms with Gasteiger partial charge in [-0.2, -0.15) is 0 Å². The van der Waals surface area contributed by atoms with Gasteiger partial charge in [0.25, 0.3) is 0 Å². The van der Waals surface area contributed by atoms with Crippen LogP contribution < -0.4 is 0 Å². The first kappa shape index (κ1) is 17.7. The van der Waals surface area contributed by atoms with Gasteiger partial charge in [-0.15, -0.1) is 0 Å². The number of hydrogen-bond donors (Lipinski definition) is 2. The quantitative estimate of drug-likeness (QED) is 0.876. The van der Waals surface area contributed by atoms with Gasteiger partial charge in [0.2, 0.25) is 5.91 Å². The highest BCUT2D eigenvalue weighted by Crippen LogP contribution is 2.24. The summed E-state index contributed by atoms with van der Waals surface area (Å²) in [5, 5.41) is 20.4. The lowest BCUT2D eigenvalue weighted by atomic mass is 9.87. The number of carbonyl (C=O) groups is 1. The summed E-state index contributed by atoms with van der Waals surface area (Å²) in [5.41, 5.74) is 0.443. The molecule has 0 aliphatic carbocycles. The van der Waals surface area contributed by atoms with Crippen LogP contribution in [0.4, 0.5) is 0 Å². The molecule has 2 N–H and O–H groups in total. The van der Waals surface area contributed by atoms with Crippen LogP contribution in [0.1, 0.15) is 45.8 Å². The maximum absolute atomic E-state index is 12.2. The summed E-state index contributed by atoms with van der Waals surface area (Å²) in [5.74, 6) is -0.167. The lowest BCUT2D eigenvalue weighted by Crippen LogP contribution is -2.42. The van der Waals surface area contributed by atoms with Crippen molar-refractivity contribution < 1.29 is 15.0 Å². The third-order valence-corrected chi connectivity index (χ3v) is 3.97. The van der Waals surface area contributed by atoms with Crippen LogP contribution in [0.3, 0.4) is 0 Å². The van der Waals surface area contributed by atoms with E-state index in [9.17, 15) is 15.0 Å². The van der Waals surface area contributed by atoms with Gasteiger partial charge in [-0.3, -0.25) is 4.79 Å². The van der Waals surface area contributed by atoms with Gasteiger partial charge in [0.1, 0.15) is 0 Å². The fourth-order valence-corrected chi connectivity index (χ4v) is 1.98. The van der Waals surface area contributed by atoms with Crippen LogP contribution in [0.2, 0.25) is 0 Å². The van der Waals surface area contributed by atoms with Crippen LogP contribution in [0.5, 0.6) is 0 Å². The molecule has 0 fully saturated rings. The number of aliphatic hydroxyl groups is 2. The number of nitrogens with zero attached hydrogens (tertiary/aromatic N) is 1. The van der Waals surface area contributed by atoms with E-state index in [1.807, 2.05) is 51.1 Å². The van der Waals surface area contributed by atoms with Crippen molar-refractivity contribution in [2.75, 3.05) is 7.05 Å². The van der Waals surface area contributed by atoms with Gasteiger partial charge >= 0.3 is 0 Å². The molecule has 1 rings (SSSR count). The van der Waals surface area contributed by atoms with Gasteiger partial charge < -0.3 is 15.1 Å². The minimum atomic E-state index is -0.744. The van der Waals surface area contributed by atoms with Gasteiger partial charge in [-0.1, -0.05) is 51.1 Å². The minimum Gasteiger partial charge on any atom is -0.392 e. The zero-order valence-corrected chi connectivity index (χ0v) is 13.6. The number of benzene rings is 1. The molecule has 0 saturated heterocycles. The van der Waals surface area contributed by atoms with Crippen molar-refractivity contribution in [3.05, 3.63) is 35.9 Å². The first-order valence-electron chi connectivity index (χ1n) is 7.31. The van der Waals surface area contributed by atoms with Gasteiger partial charge in [-0.05, 0) is 17.9 Å². The smallest absolute Gasteiger partial charge is 0.225 e.